The van der Waals surface area contributed by atoms with Gasteiger partial charge in [0.2, 0.25) is 0 Å². The highest BCUT2D eigenvalue weighted by atomic mass is 16.3. The van der Waals surface area contributed by atoms with E-state index >= 15 is 0 Å². The average molecular weight is 339 g/mol. The van der Waals surface area contributed by atoms with Crippen molar-refractivity contribution < 1.29 is 10.2 Å². The molecule has 1 aromatic heterocycles. The van der Waals surface area contributed by atoms with Crippen molar-refractivity contribution in [2.75, 3.05) is 0 Å². The number of pyridine rings is 1. The van der Waals surface area contributed by atoms with Crippen LogP contribution in [-0.4, -0.2) is 15.2 Å². The Bertz CT molecular complexity index is 1040. The molecule has 0 spiro atoms. The van der Waals surface area contributed by atoms with Crippen molar-refractivity contribution in [2.24, 2.45) is 0 Å². The molecule has 0 saturated heterocycles. The molecule has 0 aliphatic rings. The van der Waals surface area contributed by atoms with Crippen molar-refractivity contribution in [1.82, 2.24) is 4.98 Å². The fourth-order valence-corrected chi connectivity index (χ4v) is 2.92. The third kappa shape index (κ3) is 3.28. The third-order valence-corrected chi connectivity index (χ3v) is 4.24. The maximum absolute atomic E-state index is 9.83. The van der Waals surface area contributed by atoms with E-state index in [4.69, 9.17) is 4.98 Å². The molecule has 3 aromatic carbocycles. The van der Waals surface area contributed by atoms with Gasteiger partial charge >= 0.3 is 0 Å². The second-order valence-corrected chi connectivity index (χ2v) is 6.09. The molecule has 2 N–H and O–H groups in total. The summed E-state index contributed by atoms with van der Waals surface area (Å²) in [5, 5.41) is 19.4. The van der Waals surface area contributed by atoms with Crippen LogP contribution in [0.1, 0.15) is 0 Å². The van der Waals surface area contributed by atoms with E-state index in [0.717, 1.165) is 33.6 Å². The highest BCUT2D eigenvalue weighted by molar-refractivity contribution is 5.77. The van der Waals surface area contributed by atoms with E-state index in [1.807, 2.05) is 66.7 Å². The molecule has 4 aromatic rings. The number of benzene rings is 3. The lowest BCUT2D eigenvalue weighted by atomic mass is 10.00. The van der Waals surface area contributed by atoms with Crippen LogP contribution in [0.5, 0.6) is 11.5 Å². The van der Waals surface area contributed by atoms with Crippen LogP contribution in [-0.2, 0) is 0 Å². The quantitative estimate of drug-likeness (QED) is 0.518. The minimum atomic E-state index is 0.223. The van der Waals surface area contributed by atoms with Crippen molar-refractivity contribution >= 4 is 0 Å². The number of phenolic OH excluding ortho intramolecular Hbond substituents is 2. The summed E-state index contributed by atoms with van der Waals surface area (Å²) < 4.78 is 0. The standard InChI is InChI=1S/C23H17NO2/c25-20-11-9-17(10-12-20)23-15-19(18-7-4-8-21(26)13-18)14-22(24-23)16-5-2-1-3-6-16/h1-15,25-26H. The molecule has 0 atom stereocenters. The number of hydrogen-bond acceptors (Lipinski definition) is 3. The number of hydrogen-bond donors (Lipinski definition) is 2. The Balaban J connectivity index is 1.91. The molecule has 0 saturated carbocycles. The van der Waals surface area contributed by atoms with Crippen molar-refractivity contribution in [3.8, 4) is 45.1 Å². The Kier molecular flexibility index (Phi) is 4.12. The van der Waals surface area contributed by atoms with Gasteiger partial charge in [0.15, 0.2) is 0 Å². The van der Waals surface area contributed by atoms with Gasteiger partial charge in [-0.3, -0.25) is 0 Å². The Morgan fingerprint density at radius 1 is 0.462 bits per heavy atom. The predicted octanol–water partition coefficient (Wildman–Crippen LogP) is 5.49. The molecule has 4 rings (SSSR count). The normalized spacial score (nSPS) is 10.6. The molecule has 3 heteroatoms. The Labute approximate surface area is 151 Å². The summed E-state index contributed by atoms with van der Waals surface area (Å²) >= 11 is 0. The maximum Gasteiger partial charge on any atom is 0.116 e. The molecule has 126 valence electrons. The fraction of sp³-hybridized carbons (Fsp3) is 0. The van der Waals surface area contributed by atoms with Crippen LogP contribution in [0.25, 0.3) is 33.6 Å². The lowest BCUT2D eigenvalue weighted by Gasteiger charge is -2.10. The van der Waals surface area contributed by atoms with E-state index in [0.29, 0.717) is 0 Å². The Morgan fingerprint density at radius 3 is 1.73 bits per heavy atom. The van der Waals surface area contributed by atoms with Crippen molar-refractivity contribution in [1.29, 1.82) is 0 Å². The Morgan fingerprint density at radius 2 is 1.08 bits per heavy atom. The zero-order valence-corrected chi connectivity index (χ0v) is 14.0. The molecular formula is C23H17NO2. The van der Waals surface area contributed by atoms with E-state index in [9.17, 15) is 10.2 Å². The molecule has 1 heterocycles. The molecule has 3 nitrogen and oxygen atoms in total. The number of aromatic hydroxyl groups is 2. The summed E-state index contributed by atoms with van der Waals surface area (Å²) in [4.78, 5) is 4.81. The van der Waals surface area contributed by atoms with Gasteiger partial charge in [-0.1, -0.05) is 42.5 Å². The molecule has 0 amide bonds. The molecule has 0 unspecified atom stereocenters. The zero-order valence-electron chi connectivity index (χ0n) is 14.0. The van der Waals surface area contributed by atoms with Gasteiger partial charge in [0.05, 0.1) is 11.4 Å². The zero-order chi connectivity index (χ0) is 17.9. The van der Waals surface area contributed by atoms with E-state index in [1.54, 1.807) is 24.3 Å². The van der Waals surface area contributed by atoms with Crippen LogP contribution in [0.4, 0.5) is 0 Å². The maximum atomic E-state index is 9.83. The van der Waals surface area contributed by atoms with Gasteiger partial charge in [-0.05, 0) is 59.7 Å². The largest absolute Gasteiger partial charge is 0.508 e. The smallest absolute Gasteiger partial charge is 0.116 e. The van der Waals surface area contributed by atoms with Crippen molar-refractivity contribution in [2.45, 2.75) is 0 Å². The second-order valence-electron chi connectivity index (χ2n) is 6.09. The van der Waals surface area contributed by atoms with Gasteiger partial charge in [0, 0.05) is 11.1 Å². The summed E-state index contributed by atoms with van der Waals surface area (Å²) in [6.07, 6.45) is 0. The number of rotatable bonds is 3. The number of phenols is 2. The van der Waals surface area contributed by atoms with Gasteiger partial charge in [0.25, 0.3) is 0 Å². The first-order valence-electron chi connectivity index (χ1n) is 8.35. The second kappa shape index (κ2) is 6.73. The minimum absolute atomic E-state index is 0.223. The first-order chi connectivity index (χ1) is 12.7. The summed E-state index contributed by atoms with van der Waals surface area (Å²) in [7, 11) is 0. The van der Waals surface area contributed by atoms with E-state index in [1.165, 1.54) is 0 Å². The van der Waals surface area contributed by atoms with Crippen LogP contribution in [0.3, 0.4) is 0 Å². The first kappa shape index (κ1) is 15.9. The summed E-state index contributed by atoms with van der Waals surface area (Å²) in [5.41, 5.74) is 5.50. The van der Waals surface area contributed by atoms with E-state index in [2.05, 4.69) is 0 Å². The van der Waals surface area contributed by atoms with E-state index in [-0.39, 0.29) is 11.5 Å². The average Bonchev–Trinajstić information content (AvgIpc) is 2.69. The number of aromatic nitrogens is 1. The van der Waals surface area contributed by atoms with Gasteiger partial charge in [-0.2, -0.15) is 0 Å². The van der Waals surface area contributed by atoms with Crippen LogP contribution < -0.4 is 0 Å². The van der Waals surface area contributed by atoms with Gasteiger partial charge in [0.1, 0.15) is 11.5 Å². The lowest BCUT2D eigenvalue weighted by Crippen LogP contribution is -1.91. The monoisotopic (exact) mass is 339 g/mol. The molecule has 0 bridgehead atoms. The summed E-state index contributed by atoms with van der Waals surface area (Å²) in [5.74, 6) is 0.452. The highest BCUT2D eigenvalue weighted by Gasteiger charge is 2.09. The van der Waals surface area contributed by atoms with E-state index < -0.39 is 0 Å². The molecule has 0 radical (unpaired) electrons. The highest BCUT2D eigenvalue weighted by Crippen LogP contribution is 2.31. The molecule has 0 aliphatic heterocycles. The van der Waals surface area contributed by atoms with Gasteiger partial charge < -0.3 is 10.2 Å². The summed E-state index contributed by atoms with van der Waals surface area (Å²) in [6.45, 7) is 0. The molecule has 0 fully saturated rings. The van der Waals surface area contributed by atoms with Crippen LogP contribution in [0.2, 0.25) is 0 Å². The number of nitrogens with zero attached hydrogens (tertiary/aromatic N) is 1. The van der Waals surface area contributed by atoms with Crippen LogP contribution >= 0.6 is 0 Å². The van der Waals surface area contributed by atoms with Crippen molar-refractivity contribution in [3.05, 3.63) is 91.0 Å². The minimum Gasteiger partial charge on any atom is -0.508 e. The lowest BCUT2D eigenvalue weighted by molar-refractivity contribution is 0.475. The first-order valence-corrected chi connectivity index (χ1v) is 8.35. The SMILES string of the molecule is Oc1ccc(-c2cc(-c3cccc(O)c3)cc(-c3ccccc3)n2)cc1. The topological polar surface area (TPSA) is 53.4 Å². The van der Waals surface area contributed by atoms with Crippen LogP contribution in [0.15, 0.2) is 91.0 Å². The van der Waals surface area contributed by atoms with Gasteiger partial charge in [-0.25, -0.2) is 4.98 Å². The summed E-state index contributed by atoms with van der Waals surface area (Å²) in [6, 6.07) is 28.2. The Hall–Kier alpha value is -3.59. The molecule has 0 aliphatic carbocycles. The predicted molar refractivity (Wildman–Crippen MR) is 104 cm³/mol. The van der Waals surface area contributed by atoms with Crippen molar-refractivity contribution in [3.63, 3.8) is 0 Å². The van der Waals surface area contributed by atoms with Gasteiger partial charge in [-0.15, -0.1) is 0 Å². The molecular weight excluding hydrogens is 322 g/mol. The third-order valence-electron chi connectivity index (χ3n) is 4.24. The van der Waals surface area contributed by atoms with Crippen LogP contribution in [0, 0.1) is 0 Å². The fourth-order valence-electron chi connectivity index (χ4n) is 2.92. The molecule has 26 heavy (non-hydrogen) atoms.